The molecule has 0 spiro atoms. The van der Waals surface area contributed by atoms with Crippen molar-refractivity contribution in [3.63, 3.8) is 0 Å². The van der Waals surface area contributed by atoms with E-state index in [-0.39, 0.29) is 36.2 Å². The number of para-hydroxylation sites is 1. The minimum Gasteiger partial charge on any atom is -0.493 e. The topological polar surface area (TPSA) is 107 Å². The quantitative estimate of drug-likeness (QED) is 0.168. The van der Waals surface area contributed by atoms with Crippen molar-refractivity contribution in [3.8, 4) is 17.2 Å². The molecule has 0 aliphatic carbocycles. The van der Waals surface area contributed by atoms with Crippen LogP contribution in [0.25, 0.3) is 0 Å². The Morgan fingerprint density at radius 1 is 1.07 bits per heavy atom. The van der Waals surface area contributed by atoms with E-state index < -0.39 is 4.92 Å². The molecule has 0 unspecified atom stereocenters. The van der Waals surface area contributed by atoms with Gasteiger partial charge in [0.05, 0.1) is 32.8 Å². The first-order valence-corrected chi connectivity index (χ1v) is 9.07. The highest BCUT2D eigenvalue weighted by atomic mass is 127. The van der Waals surface area contributed by atoms with Gasteiger partial charge in [-0.05, 0) is 24.6 Å². The maximum atomic E-state index is 11.2. The van der Waals surface area contributed by atoms with Crippen molar-refractivity contribution in [2.75, 3.05) is 27.9 Å². The van der Waals surface area contributed by atoms with Crippen LogP contribution in [0.2, 0.25) is 0 Å². The van der Waals surface area contributed by atoms with Crippen LogP contribution in [0.15, 0.2) is 41.4 Å². The van der Waals surface area contributed by atoms with Crippen LogP contribution in [0.5, 0.6) is 17.2 Å². The smallest absolute Gasteiger partial charge is 0.274 e. The van der Waals surface area contributed by atoms with Crippen molar-refractivity contribution in [1.29, 1.82) is 0 Å². The van der Waals surface area contributed by atoms with Crippen molar-refractivity contribution in [1.82, 2.24) is 10.6 Å². The number of ether oxygens (including phenoxy) is 3. The zero-order valence-corrected chi connectivity index (χ0v) is 19.8. The summed E-state index contributed by atoms with van der Waals surface area (Å²) in [7, 11) is 4.67. The van der Waals surface area contributed by atoms with Crippen molar-refractivity contribution in [2.45, 2.75) is 20.0 Å². The molecule has 0 aromatic heterocycles. The Hall–Kier alpha value is -2.76. The molecule has 0 radical (unpaired) electrons. The Morgan fingerprint density at radius 3 is 2.23 bits per heavy atom. The molecular weight excluding hydrogens is 503 g/mol. The molecule has 9 nitrogen and oxygen atoms in total. The fourth-order valence-electron chi connectivity index (χ4n) is 2.76. The Morgan fingerprint density at radius 2 is 1.70 bits per heavy atom. The third kappa shape index (κ3) is 6.65. The number of nitrogens with zero attached hydrogens (tertiary/aromatic N) is 2. The SMILES string of the molecule is CCNC(=NCc1cc(OC)c(OC)c(OC)c1)NCc1ccccc1[N+](=O)[O-].I. The van der Waals surface area contributed by atoms with Crippen molar-refractivity contribution in [2.24, 2.45) is 4.99 Å². The predicted molar refractivity (Wildman–Crippen MR) is 126 cm³/mol. The minimum atomic E-state index is -0.392. The molecule has 0 amide bonds. The van der Waals surface area contributed by atoms with Gasteiger partial charge in [-0.25, -0.2) is 4.99 Å². The zero-order chi connectivity index (χ0) is 21.2. The number of aliphatic imine (C=N–C) groups is 1. The lowest BCUT2D eigenvalue weighted by Gasteiger charge is -2.14. The van der Waals surface area contributed by atoms with Crippen LogP contribution in [-0.4, -0.2) is 38.8 Å². The molecule has 0 heterocycles. The molecule has 10 heteroatoms. The highest BCUT2D eigenvalue weighted by molar-refractivity contribution is 14.0. The first kappa shape index (κ1) is 25.3. The third-order valence-electron chi connectivity index (χ3n) is 4.12. The van der Waals surface area contributed by atoms with Gasteiger partial charge in [-0.1, -0.05) is 18.2 Å². The van der Waals surface area contributed by atoms with E-state index >= 15 is 0 Å². The van der Waals surface area contributed by atoms with Crippen LogP contribution in [0.1, 0.15) is 18.1 Å². The minimum absolute atomic E-state index is 0. The molecule has 0 bridgehead atoms. The maximum absolute atomic E-state index is 11.2. The molecule has 0 fully saturated rings. The Bertz CT molecular complexity index is 851. The maximum Gasteiger partial charge on any atom is 0.274 e. The molecule has 2 aromatic carbocycles. The highest BCUT2D eigenvalue weighted by Crippen LogP contribution is 2.38. The number of guanidine groups is 1. The molecular formula is C20H27IN4O5. The van der Waals surface area contributed by atoms with Crippen LogP contribution in [0, 0.1) is 10.1 Å². The molecule has 0 aliphatic heterocycles. The van der Waals surface area contributed by atoms with E-state index in [0.29, 0.717) is 41.9 Å². The van der Waals surface area contributed by atoms with Gasteiger partial charge in [0.15, 0.2) is 17.5 Å². The third-order valence-corrected chi connectivity index (χ3v) is 4.12. The summed E-state index contributed by atoms with van der Waals surface area (Å²) in [4.78, 5) is 15.3. The van der Waals surface area contributed by atoms with Crippen molar-refractivity contribution >= 4 is 35.6 Å². The summed E-state index contributed by atoms with van der Waals surface area (Å²) in [5.41, 5.74) is 1.51. The predicted octanol–water partition coefficient (Wildman–Crippen LogP) is 3.49. The highest BCUT2D eigenvalue weighted by Gasteiger charge is 2.14. The van der Waals surface area contributed by atoms with E-state index in [9.17, 15) is 10.1 Å². The summed E-state index contributed by atoms with van der Waals surface area (Å²) < 4.78 is 16.1. The van der Waals surface area contributed by atoms with Gasteiger partial charge >= 0.3 is 0 Å². The lowest BCUT2D eigenvalue weighted by molar-refractivity contribution is -0.385. The number of rotatable bonds is 9. The van der Waals surface area contributed by atoms with Gasteiger partial charge in [-0.3, -0.25) is 10.1 Å². The summed E-state index contributed by atoms with van der Waals surface area (Å²) >= 11 is 0. The van der Waals surface area contributed by atoms with Gasteiger partial charge < -0.3 is 24.8 Å². The number of nitrogens with one attached hydrogen (secondary N) is 2. The number of hydrogen-bond donors (Lipinski definition) is 2. The number of methoxy groups -OCH3 is 3. The van der Waals surface area contributed by atoms with E-state index in [1.165, 1.54) is 6.07 Å². The molecule has 2 rings (SSSR count). The summed E-state index contributed by atoms with van der Waals surface area (Å²) in [6.45, 7) is 3.22. The van der Waals surface area contributed by atoms with Gasteiger partial charge in [-0.15, -0.1) is 24.0 Å². The van der Waals surface area contributed by atoms with Crippen molar-refractivity contribution in [3.05, 3.63) is 57.6 Å². The lowest BCUT2D eigenvalue weighted by atomic mass is 10.2. The van der Waals surface area contributed by atoms with E-state index in [1.807, 2.05) is 19.1 Å². The molecule has 0 aliphatic rings. The van der Waals surface area contributed by atoms with Crippen LogP contribution >= 0.6 is 24.0 Å². The molecule has 2 N–H and O–H groups in total. The fraction of sp³-hybridized carbons (Fsp3) is 0.350. The Labute approximate surface area is 193 Å². The number of nitro benzene ring substituents is 1. The van der Waals surface area contributed by atoms with Gasteiger partial charge in [-0.2, -0.15) is 0 Å². The second kappa shape index (κ2) is 12.7. The molecule has 2 aromatic rings. The Balaban J connectivity index is 0.00000450. The summed E-state index contributed by atoms with van der Waals surface area (Å²) in [6, 6.07) is 10.3. The summed E-state index contributed by atoms with van der Waals surface area (Å²) in [6.07, 6.45) is 0. The van der Waals surface area contributed by atoms with Crippen molar-refractivity contribution < 1.29 is 19.1 Å². The number of nitro groups is 1. The standard InChI is InChI=1S/C20H26N4O5.HI/c1-5-21-20(23-13-15-8-6-7-9-16(15)24(25)26)22-12-14-10-17(27-2)19(29-4)18(11-14)28-3;/h6-11H,5,12-13H2,1-4H3,(H2,21,22,23);1H. The Kier molecular flexibility index (Phi) is 10.7. The average Bonchev–Trinajstić information content (AvgIpc) is 2.74. The largest absolute Gasteiger partial charge is 0.493 e. The second-order valence-corrected chi connectivity index (χ2v) is 5.97. The number of benzene rings is 2. The normalized spacial score (nSPS) is 10.6. The molecule has 0 atom stereocenters. The average molecular weight is 530 g/mol. The zero-order valence-electron chi connectivity index (χ0n) is 17.4. The van der Waals surface area contributed by atoms with Gasteiger partial charge in [0, 0.05) is 24.7 Å². The fourth-order valence-corrected chi connectivity index (χ4v) is 2.76. The molecule has 0 saturated heterocycles. The number of halogens is 1. The first-order valence-electron chi connectivity index (χ1n) is 9.07. The van der Waals surface area contributed by atoms with E-state index in [2.05, 4.69) is 15.6 Å². The van der Waals surface area contributed by atoms with Crippen LogP contribution in [0.4, 0.5) is 5.69 Å². The molecule has 30 heavy (non-hydrogen) atoms. The van der Waals surface area contributed by atoms with E-state index in [1.54, 1.807) is 39.5 Å². The van der Waals surface area contributed by atoms with Crippen LogP contribution in [-0.2, 0) is 13.1 Å². The number of hydrogen-bond acceptors (Lipinski definition) is 6. The van der Waals surface area contributed by atoms with Crippen LogP contribution < -0.4 is 24.8 Å². The summed E-state index contributed by atoms with van der Waals surface area (Å²) in [5, 5.41) is 17.4. The summed E-state index contributed by atoms with van der Waals surface area (Å²) in [5.74, 6) is 2.16. The van der Waals surface area contributed by atoms with E-state index in [4.69, 9.17) is 14.2 Å². The molecule has 164 valence electrons. The second-order valence-electron chi connectivity index (χ2n) is 5.97. The van der Waals surface area contributed by atoms with Gasteiger partial charge in [0.1, 0.15) is 0 Å². The lowest BCUT2D eigenvalue weighted by Crippen LogP contribution is -2.36. The van der Waals surface area contributed by atoms with E-state index in [0.717, 1.165) is 5.56 Å². The van der Waals surface area contributed by atoms with Gasteiger partial charge in [0.2, 0.25) is 5.75 Å². The van der Waals surface area contributed by atoms with Crippen LogP contribution in [0.3, 0.4) is 0 Å². The molecule has 0 saturated carbocycles. The monoisotopic (exact) mass is 530 g/mol. The van der Waals surface area contributed by atoms with Gasteiger partial charge in [0.25, 0.3) is 5.69 Å². The first-order chi connectivity index (χ1) is 14.0.